The first-order valence-electron chi connectivity index (χ1n) is 6.63. The van der Waals surface area contributed by atoms with E-state index in [1.807, 2.05) is 10.9 Å². The molecule has 0 aromatic carbocycles. The lowest BCUT2D eigenvalue weighted by atomic mass is 10.1. The molecule has 2 aromatic heterocycles. The number of aromatic nitrogens is 2. The quantitative estimate of drug-likeness (QED) is 0.829. The number of nitrogens with zero attached hydrogens (tertiary/aromatic N) is 2. The minimum Gasteiger partial charge on any atom is -0.306 e. The van der Waals surface area contributed by atoms with E-state index in [9.17, 15) is 0 Å². The fraction of sp³-hybridized carbons (Fsp3) is 0.500. The van der Waals surface area contributed by atoms with Gasteiger partial charge in [0.1, 0.15) is 0 Å². The van der Waals surface area contributed by atoms with Crippen LogP contribution in [0.2, 0.25) is 0 Å². The van der Waals surface area contributed by atoms with Gasteiger partial charge in [-0.15, -0.1) is 0 Å². The van der Waals surface area contributed by atoms with E-state index in [2.05, 4.69) is 47.3 Å². The van der Waals surface area contributed by atoms with E-state index in [-0.39, 0.29) is 6.04 Å². The summed E-state index contributed by atoms with van der Waals surface area (Å²) in [6, 6.07) is 2.47. The third kappa shape index (κ3) is 3.21. The number of rotatable bonds is 7. The van der Waals surface area contributed by atoms with Crippen LogP contribution in [-0.2, 0) is 6.54 Å². The van der Waals surface area contributed by atoms with E-state index in [0.29, 0.717) is 0 Å². The predicted molar refractivity (Wildman–Crippen MR) is 77.0 cm³/mol. The number of hydrogen-bond donors (Lipinski definition) is 1. The Morgan fingerprint density at radius 1 is 1.33 bits per heavy atom. The van der Waals surface area contributed by atoms with Crippen LogP contribution in [0, 0.1) is 0 Å². The number of aryl methyl sites for hydroxylation is 1. The van der Waals surface area contributed by atoms with Crippen LogP contribution < -0.4 is 5.32 Å². The van der Waals surface area contributed by atoms with Crippen molar-refractivity contribution >= 4 is 11.3 Å². The molecule has 1 N–H and O–H groups in total. The zero-order valence-corrected chi connectivity index (χ0v) is 11.9. The summed E-state index contributed by atoms with van der Waals surface area (Å²) in [5.74, 6) is 0. The summed E-state index contributed by atoms with van der Waals surface area (Å²) < 4.78 is 2.03. The predicted octanol–water partition coefficient (Wildman–Crippen LogP) is 3.44. The fourth-order valence-corrected chi connectivity index (χ4v) is 2.72. The molecule has 0 aliphatic rings. The number of hydrogen-bond acceptors (Lipinski definition) is 3. The molecular weight excluding hydrogens is 242 g/mol. The molecule has 0 bridgehead atoms. The molecule has 1 atom stereocenters. The number of nitrogens with one attached hydrogen (secondary N) is 1. The third-order valence-electron chi connectivity index (χ3n) is 2.91. The first-order valence-corrected chi connectivity index (χ1v) is 7.57. The van der Waals surface area contributed by atoms with Gasteiger partial charge in [0.15, 0.2) is 0 Å². The molecule has 3 nitrogen and oxygen atoms in total. The van der Waals surface area contributed by atoms with Gasteiger partial charge in [-0.1, -0.05) is 13.8 Å². The molecule has 0 aliphatic heterocycles. The molecule has 1 unspecified atom stereocenters. The Kier molecular flexibility index (Phi) is 4.96. The molecule has 0 fully saturated rings. The smallest absolute Gasteiger partial charge is 0.0616 e. The standard InChI is InChI=1S/C14H21N3S/c1-3-6-15-14(12-5-8-18-11-12)13-9-16-17(10-13)7-4-2/h5,8-11,14-15H,3-4,6-7H2,1-2H3. The van der Waals surface area contributed by atoms with Crippen molar-refractivity contribution in [3.8, 4) is 0 Å². The maximum Gasteiger partial charge on any atom is 0.0616 e. The van der Waals surface area contributed by atoms with E-state index in [4.69, 9.17) is 0 Å². The highest BCUT2D eigenvalue weighted by atomic mass is 32.1. The topological polar surface area (TPSA) is 29.9 Å². The van der Waals surface area contributed by atoms with Gasteiger partial charge in [0.25, 0.3) is 0 Å². The van der Waals surface area contributed by atoms with Crippen molar-refractivity contribution in [1.29, 1.82) is 0 Å². The lowest BCUT2D eigenvalue weighted by molar-refractivity contribution is 0.589. The molecule has 0 amide bonds. The van der Waals surface area contributed by atoms with Crippen molar-refractivity contribution < 1.29 is 0 Å². The summed E-state index contributed by atoms with van der Waals surface area (Å²) in [5.41, 5.74) is 2.60. The summed E-state index contributed by atoms with van der Waals surface area (Å²) in [5, 5.41) is 12.4. The van der Waals surface area contributed by atoms with E-state index < -0.39 is 0 Å². The van der Waals surface area contributed by atoms with Gasteiger partial charge in [-0.3, -0.25) is 4.68 Å². The van der Waals surface area contributed by atoms with Crippen molar-refractivity contribution in [2.45, 2.75) is 39.3 Å². The highest BCUT2D eigenvalue weighted by Gasteiger charge is 2.15. The maximum atomic E-state index is 4.42. The second-order valence-electron chi connectivity index (χ2n) is 4.48. The Balaban J connectivity index is 2.16. The lowest BCUT2D eigenvalue weighted by Crippen LogP contribution is -2.22. The van der Waals surface area contributed by atoms with Crippen molar-refractivity contribution in [2.75, 3.05) is 6.54 Å². The van der Waals surface area contributed by atoms with E-state index in [0.717, 1.165) is 25.9 Å². The fourth-order valence-electron chi connectivity index (χ4n) is 2.04. The molecule has 0 spiro atoms. The maximum absolute atomic E-state index is 4.42. The zero-order valence-electron chi connectivity index (χ0n) is 11.1. The Hall–Kier alpha value is -1.13. The van der Waals surface area contributed by atoms with E-state index in [1.54, 1.807) is 11.3 Å². The van der Waals surface area contributed by atoms with Crippen LogP contribution in [0.4, 0.5) is 0 Å². The zero-order chi connectivity index (χ0) is 12.8. The van der Waals surface area contributed by atoms with Crippen molar-refractivity contribution in [3.63, 3.8) is 0 Å². The molecule has 0 saturated heterocycles. The molecule has 2 aromatic rings. The average molecular weight is 263 g/mol. The highest BCUT2D eigenvalue weighted by Crippen LogP contribution is 2.23. The first kappa shape index (κ1) is 13.3. The van der Waals surface area contributed by atoms with Gasteiger partial charge in [0.2, 0.25) is 0 Å². The van der Waals surface area contributed by atoms with Crippen LogP contribution in [0.3, 0.4) is 0 Å². The molecule has 0 saturated carbocycles. The number of thiophene rings is 1. The SMILES string of the molecule is CCCNC(c1ccsc1)c1cnn(CCC)c1. The molecular formula is C14H21N3S. The van der Waals surface area contributed by atoms with Crippen molar-refractivity contribution in [1.82, 2.24) is 15.1 Å². The third-order valence-corrected chi connectivity index (χ3v) is 3.62. The van der Waals surface area contributed by atoms with Crippen molar-refractivity contribution in [2.24, 2.45) is 0 Å². The molecule has 0 aliphatic carbocycles. The lowest BCUT2D eigenvalue weighted by Gasteiger charge is -2.15. The van der Waals surface area contributed by atoms with Crippen LogP contribution in [0.5, 0.6) is 0 Å². The minimum atomic E-state index is 0.279. The molecule has 4 heteroatoms. The van der Waals surface area contributed by atoms with Gasteiger partial charge >= 0.3 is 0 Å². The van der Waals surface area contributed by atoms with Crippen LogP contribution >= 0.6 is 11.3 Å². The van der Waals surface area contributed by atoms with Gasteiger partial charge in [-0.05, 0) is 41.8 Å². The van der Waals surface area contributed by atoms with Gasteiger partial charge in [-0.2, -0.15) is 16.4 Å². The molecule has 0 radical (unpaired) electrons. The Morgan fingerprint density at radius 3 is 2.89 bits per heavy atom. The van der Waals surface area contributed by atoms with E-state index >= 15 is 0 Å². The van der Waals surface area contributed by atoms with Gasteiger partial charge < -0.3 is 5.32 Å². The Bertz CT molecular complexity index is 447. The molecule has 18 heavy (non-hydrogen) atoms. The van der Waals surface area contributed by atoms with Crippen molar-refractivity contribution in [3.05, 3.63) is 40.3 Å². The summed E-state index contributed by atoms with van der Waals surface area (Å²) >= 11 is 1.75. The second kappa shape index (κ2) is 6.71. The summed E-state index contributed by atoms with van der Waals surface area (Å²) in [7, 11) is 0. The monoisotopic (exact) mass is 263 g/mol. The average Bonchev–Trinajstić information content (AvgIpc) is 3.02. The Morgan fingerprint density at radius 2 is 2.22 bits per heavy atom. The summed E-state index contributed by atoms with van der Waals surface area (Å²) in [6.45, 7) is 6.38. The van der Waals surface area contributed by atoms with Crippen LogP contribution in [0.15, 0.2) is 29.2 Å². The summed E-state index contributed by atoms with van der Waals surface area (Å²) in [4.78, 5) is 0. The van der Waals surface area contributed by atoms with E-state index in [1.165, 1.54) is 11.1 Å². The van der Waals surface area contributed by atoms with Gasteiger partial charge in [-0.25, -0.2) is 0 Å². The van der Waals surface area contributed by atoms with Crippen LogP contribution in [-0.4, -0.2) is 16.3 Å². The molecule has 2 rings (SSSR count). The Labute approximate surface area is 113 Å². The van der Waals surface area contributed by atoms with Crippen LogP contribution in [0.1, 0.15) is 43.9 Å². The molecule has 2 heterocycles. The molecule has 98 valence electrons. The largest absolute Gasteiger partial charge is 0.306 e. The minimum absolute atomic E-state index is 0.279. The normalized spacial score (nSPS) is 12.8. The first-order chi connectivity index (χ1) is 8.85. The van der Waals surface area contributed by atoms with Gasteiger partial charge in [0.05, 0.1) is 12.2 Å². The van der Waals surface area contributed by atoms with Crippen LogP contribution in [0.25, 0.3) is 0 Å². The summed E-state index contributed by atoms with van der Waals surface area (Å²) in [6.07, 6.45) is 6.41. The highest BCUT2D eigenvalue weighted by molar-refractivity contribution is 7.08. The van der Waals surface area contributed by atoms with Gasteiger partial charge in [0, 0.05) is 18.3 Å². The second-order valence-corrected chi connectivity index (χ2v) is 5.26.